The Morgan fingerprint density at radius 1 is 0.709 bits per heavy atom. The largest absolute Gasteiger partial charge is 0.308 e. The summed E-state index contributed by atoms with van der Waals surface area (Å²) in [5.41, 5.74) is 14.6. The molecule has 0 spiro atoms. The van der Waals surface area contributed by atoms with E-state index in [0.29, 0.717) is 0 Å². The third-order valence-electron chi connectivity index (χ3n) is 12.6. The lowest BCUT2D eigenvalue weighted by Crippen LogP contribution is -2.53. The number of fused-ring (bicyclic) bond motifs is 19. The Kier molecular flexibility index (Phi) is 6.37. The molecule has 0 saturated carbocycles. The maximum absolute atomic E-state index is 4.97. The first-order chi connectivity index (χ1) is 26.8. The molecular weight excluding hydrogens is 687 g/mol. The first-order valence-corrected chi connectivity index (χ1v) is 20.5. The molecule has 2 aliphatic heterocycles. The van der Waals surface area contributed by atoms with Crippen LogP contribution in [0.25, 0.3) is 86.5 Å². The van der Waals surface area contributed by atoms with Gasteiger partial charge in [-0.25, -0.2) is 0 Å². The topological polar surface area (TPSA) is 12.2 Å². The number of para-hydroxylation sites is 1. The third-order valence-corrected chi connectivity index (χ3v) is 13.9. The summed E-state index contributed by atoms with van der Waals surface area (Å²) in [6, 6.07) is 46.2. The van der Waals surface area contributed by atoms with Crippen LogP contribution < -0.4 is 9.13 Å². The smallest absolute Gasteiger partial charge is 0.249 e. The van der Waals surface area contributed by atoms with Gasteiger partial charge in [0.05, 0.1) is 28.0 Å². The molecule has 0 radical (unpaired) electrons. The molecule has 0 N–H and O–H groups in total. The maximum atomic E-state index is 4.97. The molecule has 5 aromatic carbocycles. The van der Waals surface area contributed by atoms with Crippen molar-refractivity contribution in [3.63, 3.8) is 0 Å². The first kappa shape index (κ1) is 31.5. The number of hydrogen-bond acceptors (Lipinski definition) is 1. The number of benzene rings is 5. The zero-order valence-corrected chi connectivity index (χ0v) is 32.3. The minimum atomic E-state index is 0.0478. The van der Waals surface area contributed by atoms with Crippen LogP contribution in [-0.2, 0) is 12.8 Å². The second-order valence-electron chi connectivity index (χ2n) is 17.2. The fraction of sp³-hybridized carbons (Fsp3) is 0.176. The van der Waals surface area contributed by atoms with Crippen LogP contribution in [0.15, 0.2) is 140 Å². The molecule has 0 fully saturated rings. The van der Waals surface area contributed by atoms with E-state index in [0.717, 1.165) is 25.0 Å². The van der Waals surface area contributed by atoms with Gasteiger partial charge in [-0.2, -0.15) is 9.13 Å². The lowest BCUT2D eigenvalue weighted by atomic mass is 9.77. The van der Waals surface area contributed by atoms with Crippen LogP contribution in [0.5, 0.6) is 0 Å². The van der Waals surface area contributed by atoms with Crippen LogP contribution in [0.2, 0.25) is 0 Å². The molecule has 2 unspecified atom stereocenters. The number of allylic oxidation sites excluding steroid dienone is 1. The van der Waals surface area contributed by atoms with Crippen molar-refractivity contribution in [2.45, 2.75) is 52.0 Å². The van der Waals surface area contributed by atoms with Gasteiger partial charge in [-0.15, -0.1) is 11.3 Å². The Morgan fingerprint density at radius 2 is 1.51 bits per heavy atom. The molecule has 7 heterocycles. The summed E-state index contributed by atoms with van der Waals surface area (Å²) < 4.78 is 10.3. The van der Waals surface area contributed by atoms with Crippen molar-refractivity contribution in [2.75, 3.05) is 0 Å². The highest BCUT2D eigenvalue weighted by atomic mass is 32.1. The maximum Gasteiger partial charge on any atom is 0.249 e. The van der Waals surface area contributed by atoms with Gasteiger partial charge in [-0.3, -0.25) is 0 Å². The van der Waals surface area contributed by atoms with E-state index >= 15 is 0 Å². The number of pyridine rings is 2. The number of thiophene rings is 1. The summed E-state index contributed by atoms with van der Waals surface area (Å²) in [6.07, 6.45) is 7.63. The summed E-state index contributed by atoms with van der Waals surface area (Å²) in [4.78, 5) is 0. The van der Waals surface area contributed by atoms with Crippen LogP contribution in [0, 0.1) is 5.41 Å². The molecule has 10 aromatic rings. The minimum Gasteiger partial charge on any atom is -0.308 e. The monoisotopic (exact) mass is 727 g/mol. The molecule has 0 bridgehead atoms. The second-order valence-corrected chi connectivity index (χ2v) is 18.2. The van der Waals surface area contributed by atoms with Crippen molar-refractivity contribution in [3.8, 4) is 22.5 Å². The minimum absolute atomic E-state index is 0.0478. The van der Waals surface area contributed by atoms with Gasteiger partial charge in [0.2, 0.25) is 23.1 Å². The molecule has 5 aromatic heterocycles. The number of nitrogens with zero attached hydrogens (tertiary/aromatic N) is 3. The Bertz CT molecular complexity index is 3260. The summed E-state index contributed by atoms with van der Waals surface area (Å²) >= 11 is 1.94. The molecule has 264 valence electrons. The predicted octanol–water partition coefficient (Wildman–Crippen LogP) is 12.5. The van der Waals surface area contributed by atoms with E-state index < -0.39 is 0 Å². The van der Waals surface area contributed by atoms with E-state index in [-0.39, 0.29) is 17.4 Å². The van der Waals surface area contributed by atoms with E-state index in [9.17, 15) is 0 Å². The number of hydrogen-bond donors (Lipinski definition) is 0. The van der Waals surface area contributed by atoms with Crippen LogP contribution in [0.3, 0.4) is 0 Å². The van der Waals surface area contributed by atoms with Gasteiger partial charge in [0.25, 0.3) is 0 Å². The molecule has 3 nitrogen and oxygen atoms in total. The number of aromatic nitrogens is 3. The van der Waals surface area contributed by atoms with Crippen molar-refractivity contribution in [1.82, 2.24) is 4.40 Å². The zero-order valence-electron chi connectivity index (χ0n) is 31.4. The molecule has 0 saturated heterocycles. The van der Waals surface area contributed by atoms with E-state index in [1.807, 2.05) is 11.3 Å². The Balaban J connectivity index is 1.20. The lowest BCUT2D eigenvalue weighted by Gasteiger charge is -2.30. The molecule has 12 rings (SSSR count). The normalized spacial score (nSPS) is 17.0. The summed E-state index contributed by atoms with van der Waals surface area (Å²) in [5.74, 6) is 0.221. The van der Waals surface area contributed by atoms with Crippen molar-refractivity contribution in [3.05, 3.63) is 157 Å². The number of rotatable bonds is 1. The van der Waals surface area contributed by atoms with Crippen LogP contribution in [0.4, 0.5) is 0 Å². The van der Waals surface area contributed by atoms with Crippen molar-refractivity contribution >= 4 is 75.3 Å². The van der Waals surface area contributed by atoms with E-state index in [4.69, 9.17) is 6.58 Å². The van der Waals surface area contributed by atoms with Crippen LogP contribution >= 0.6 is 11.3 Å². The van der Waals surface area contributed by atoms with Crippen molar-refractivity contribution in [2.24, 2.45) is 5.41 Å². The third kappa shape index (κ3) is 4.37. The summed E-state index contributed by atoms with van der Waals surface area (Å²) in [7, 11) is 0. The van der Waals surface area contributed by atoms with Crippen molar-refractivity contribution < 1.29 is 9.13 Å². The average Bonchev–Trinajstić information content (AvgIpc) is 3.85. The van der Waals surface area contributed by atoms with Gasteiger partial charge in [-0.05, 0) is 90.4 Å². The van der Waals surface area contributed by atoms with Gasteiger partial charge in [0.15, 0.2) is 12.4 Å². The number of aryl methyl sites for hydroxylation is 1. The van der Waals surface area contributed by atoms with Crippen LogP contribution in [-0.4, -0.2) is 4.40 Å². The Labute approximate surface area is 324 Å². The highest BCUT2D eigenvalue weighted by Crippen LogP contribution is 2.51. The Hall–Kier alpha value is -5.84. The Morgan fingerprint density at radius 3 is 2.40 bits per heavy atom. The van der Waals surface area contributed by atoms with Gasteiger partial charge in [0, 0.05) is 71.5 Å². The van der Waals surface area contributed by atoms with Gasteiger partial charge in [-0.1, -0.05) is 75.4 Å². The molecule has 4 heteroatoms. The highest BCUT2D eigenvalue weighted by Gasteiger charge is 2.47. The molecule has 0 aliphatic carbocycles. The predicted molar refractivity (Wildman–Crippen MR) is 230 cm³/mol. The molecule has 2 aliphatic rings. The fourth-order valence-corrected chi connectivity index (χ4v) is 11.7. The average molecular weight is 728 g/mol. The summed E-state index contributed by atoms with van der Waals surface area (Å²) in [6.45, 7) is 12.0. The standard InChI is InChI=1S/C51H41N3S/c1-30-48-35(21-20-32-13-5-6-14-33(32)42-17-11-12-23-52(30)42)37-28-45-39(26-38(37)44-25-31(22-24-53(44)48)29-51(2,3)4)40-27-41-34-15-8-10-19-46(34)55-50(41)47-36-16-7-9-18-43(36)54(45)49(40)47/h5-19,22-28,35,48H,1,20-21,29H2,2-4H3/q+2. The SMILES string of the molecule is C=C1C2C(CCc3ccccc3-c3cccc[n+]31)c1cc3c(cc1-c1cc(CC(C)(C)C)cc[n+]12)c1cc2c4ccccc4sc2c2c4ccccc4n3c12. The first-order valence-electron chi connectivity index (χ1n) is 19.7. The quantitative estimate of drug-likeness (QED) is 0.149. The molecular formula is C51H41N3S+2. The van der Waals surface area contributed by atoms with Gasteiger partial charge < -0.3 is 4.40 Å². The molecule has 55 heavy (non-hydrogen) atoms. The van der Waals surface area contributed by atoms with Gasteiger partial charge >= 0.3 is 0 Å². The van der Waals surface area contributed by atoms with E-state index in [2.05, 4.69) is 168 Å². The summed E-state index contributed by atoms with van der Waals surface area (Å²) in [5, 5.41) is 8.11. The van der Waals surface area contributed by atoms with Gasteiger partial charge in [0.1, 0.15) is 0 Å². The van der Waals surface area contributed by atoms with E-state index in [1.54, 1.807) is 0 Å². The molecule has 0 amide bonds. The van der Waals surface area contributed by atoms with Crippen LogP contribution in [0.1, 0.15) is 55.8 Å². The van der Waals surface area contributed by atoms with Crippen molar-refractivity contribution in [1.29, 1.82) is 0 Å². The highest BCUT2D eigenvalue weighted by molar-refractivity contribution is 7.26. The molecule has 2 atom stereocenters. The second kappa shape index (κ2) is 11.1. The lowest BCUT2D eigenvalue weighted by molar-refractivity contribution is -0.727. The van der Waals surface area contributed by atoms with E-state index in [1.165, 1.54) is 97.5 Å². The fourth-order valence-electron chi connectivity index (χ4n) is 10.5. The zero-order chi connectivity index (χ0) is 36.7.